The summed E-state index contributed by atoms with van der Waals surface area (Å²) in [6.45, 7) is 0. The monoisotopic (exact) mass is 294 g/mol. The third-order valence-electron chi connectivity index (χ3n) is 2.84. The van der Waals surface area contributed by atoms with Crippen molar-refractivity contribution in [2.24, 2.45) is 0 Å². The lowest BCUT2D eigenvalue weighted by atomic mass is 10.1. The molecule has 0 heterocycles. The Bertz CT molecular complexity index is 705. The van der Waals surface area contributed by atoms with Gasteiger partial charge in [0, 0.05) is 6.07 Å². The Morgan fingerprint density at radius 2 is 1.90 bits per heavy atom. The maximum atomic E-state index is 13.4. The number of hydrogen-bond acceptors (Lipinski definition) is 4. The highest BCUT2D eigenvalue weighted by Crippen LogP contribution is 2.32. The van der Waals surface area contributed by atoms with Crippen LogP contribution in [0.25, 0.3) is 0 Å². The number of benzene rings is 2. The van der Waals surface area contributed by atoms with Crippen molar-refractivity contribution in [2.45, 2.75) is 0 Å². The van der Waals surface area contributed by atoms with Crippen LogP contribution in [0.5, 0.6) is 5.75 Å². The van der Waals surface area contributed by atoms with Gasteiger partial charge in [0.1, 0.15) is 22.9 Å². The Morgan fingerprint density at radius 1 is 1.24 bits per heavy atom. The number of nitrogen functional groups attached to an aromatic ring is 1. The molecule has 0 aromatic heterocycles. The van der Waals surface area contributed by atoms with Crippen molar-refractivity contribution in [1.29, 1.82) is 0 Å². The largest absolute Gasteiger partial charge is 0.494 e. The summed E-state index contributed by atoms with van der Waals surface area (Å²) in [6, 6.07) is 5.96. The van der Waals surface area contributed by atoms with E-state index in [1.807, 2.05) is 0 Å². The zero-order valence-electron chi connectivity index (χ0n) is 11.0. The molecule has 2 aromatic carbocycles. The SMILES string of the molecule is COc1cc(F)ccc1Nc1ccc(F)c(N)c1C(=O)O. The van der Waals surface area contributed by atoms with Gasteiger partial charge in [-0.15, -0.1) is 0 Å². The summed E-state index contributed by atoms with van der Waals surface area (Å²) in [5.41, 5.74) is 4.97. The number of methoxy groups -OCH3 is 1. The number of rotatable bonds is 4. The zero-order chi connectivity index (χ0) is 15.6. The third kappa shape index (κ3) is 2.86. The van der Waals surface area contributed by atoms with E-state index in [4.69, 9.17) is 15.6 Å². The van der Waals surface area contributed by atoms with Gasteiger partial charge in [-0.1, -0.05) is 0 Å². The first-order valence-corrected chi connectivity index (χ1v) is 5.86. The molecule has 5 nitrogen and oxygen atoms in total. The lowest BCUT2D eigenvalue weighted by Crippen LogP contribution is -2.09. The Hall–Kier alpha value is -2.83. The topological polar surface area (TPSA) is 84.6 Å². The standard InChI is InChI=1S/C14H12F2N2O3/c1-21-11-6-7(15)2-4-9(11)18-10-5-3-8(16)13(17)12(10)14(19)20/h2-6,18H,17H2,1H3,(H,19,20). The van der Waals surface area contributed by atoms with Crippen molar-refractivity contribution in [3.05, 3.63) is 47.5 Å². The number of halogens is 2. The molecule has 0 saturated heterocycles. The molecule has 2 aromatic rings. The molecular weight excluding hydrogens is 282 g/mol. The molecule has 21 heavy (non-hydrogen) atoms. The van der Waals surface area contributed by atoms with E-state index < -0.39 is 28.9 Å². The molecule has 0 saturated carbocycles. The first-order valence-electron chi connectivity index (χ1n) is 5.86. The van der Waals surface area contributed by atoms with Crippen LogP contribution in [0.15, 0.2) is 30.3 Å². The number of aromatic carboxylic acids is 1. The van der Waals surface area contributed by atoms with Gasteiger partial charge in [-0.05, 0) is 24.3 Å². The van der Waals surface area contributed by atoms with Gasteiger partial charge in [0.15, 0.2) is 0 Å². The molecule has 7 heteroatoms. The van der Waals surface area contributed by atoms with E-state index in [1.165, 1.54) is 25.3 Å². The Labute approximate surface area is 119 Å². The normalized spacial score (nSPS) is 10.2. The predicted molar refractivity (Wildman–Crippen MR) is 74.0 cm³/mol. The maximum Gasteiger partial charge on any atom is 0.340 e. The van der Waals surface area contributed by atoms with Crippen LogP contribution < -0.4 is 15.8 Å². The number of ether oxygens (including phenoxy) is 1. The lowest BCUT2D eigenvalue weighted by Gasteiger charge is -2.14. The molecule has 0 aliphatic rings. The fourth-order valence-corrected chi connectivity index (χ4v) is 1.84. The number of nitrogens with two attached hydrogens (primary N) is 1. The van der Waals surface area contributed by atoms with E-state index in [2.05, 4.69) is 5.32 Å². The highest BCUT2D eigenvalue weighted by molar-refractivity contribution is 6.01. The van der Waals surface area contributed by atoms with Crippen molar-refractivity contribution in [1.82, 2.24) is 0 Å². The summed E-state index contributed by atoms with van der Waals surface area (Å²) in [5.74, 6) is -2.54. The molecule has 4 N–H and O–H groups in total. The Morgan fingerprint density at radius 3 is 2.52 bits per heavy atom. The van der Waals surface area contributed by atoms with Gasteiger partial charge in [0.05, 0.1) is 24.2 Å². The Kier molecular flexibility index (Phi) is 3.93. The summed E-state index contributed by atoms with van der Waals surface area (Å²) >= 11 is 0. The second-order valence-corrected chi connectivity index (χ2v) is 4.16. The van der Waals surface area contributed by atoms with E-state index in [9.17, 15) is 13.6 Å². The fraction of sp³-hybridized carbons (Fsp3) is 0.0714. The second kappa shape index (κ2) is 5.66. The number of carboxylic acid groups (broad SMARTS) is 1. The van der Waals surface area contributed by atoms with Crippen LogP contribution >= 0.6 is 0 Å². The molecule has 0 bridgehead atoms. The van der Waals surface area contributed by atoms with E-state index in [0.717, 1.165) is 12.1 Å². The Balaban J connectivity index is 2.50. The van der Waals surface area contributed by atoms with Crippen LogP contribution in [0.1, 0.15) is 10.4 Å². The third-order valence-corrected chi connectivity index (χ3v) is 2.84. The van der Waals surface area contributed by atoms with Crippen LogP contribution in [-0.4, -0.2) is 18.2 Å². The minimum Gasteiger partial charge on any atom is -0.494 e. The van der Waals surface area contributed by atoms with Crippen LogP contribution in [0, 0.1) is 11.6 Å². The first kappa shape index (κ1) is 14.6. The molecule has 0 amide bonds. The van der Waals surface area contributed by atoms with Crippen LogP contribution in [0.4, 0.5) is 25.8 Å². The molecule has 0 radical (unpaired) electrons. The molecular formula is C14H12F2N2O3. The van der Waals surface area contributed by atoms with Gasteiger partial charge >= 0.3 is 5.97 Å². The molecule has 0 unspecified atom stereocenters. The van der Waals surface area contributed by atoms with Gasteiger partial charge in [0.25, 0.3) is 0 Å². The van der Waals surface area contributed by atoms with Gasteiger partial charge in [-0.25, -0.2) is 13.6 Å². The number of nitrogens with one attached hydrogen (secondary N) is 1. The van der Waals surface area contributed by atoms with Crippen molar-refractivity contribution < 1.29 is 23.4 Å². The average Bonchev–Trinajstić information content (AvgIpc) is 2.44. The minimum absolute atomic E-state index is 0.0753. The number of carboxylic acids is 1. The lowest BCUT2D eigenvalue weighted by molar-refractivity contribution is 0.0698. The molecule has 0 spiro atoms. The smallest absolute Gasteiger partial charge is 0.340 e. The van der Waals surface area contributed by atoms with Crippen molar-refractivity contribution >= 4 is 23.0 Å². The maximum absolute atomic E-state index is 13.4. The van der Waals surface area contributed by atoms with Crippen LogP contribution in [0.2, 0.25) is 0 Å². The van der Waals surface area contributed by atoms with Gasteiger partial charge in [-0.3, -0.25) is 0 Å². The highest BCUT2D eigenvalue weighted by Gasteiger charge is 2.18. The van der Waals surface area contributed by atoms with Crippen molar-refractivity contribution in [2.75, 3.05) is 18.2 Å². The van der Waals surface area contributed by atoms with Crippen molar-refractivity contribution in [3.8, 4) is 5.75 Å². The molecule has 0 fully saturated rings. The molecule has 0 aliphatic heterocycles. The number of carbonyl (C=O) groups is 1. The summed E-state index contributed by atoms with van der Waals surface area (Å²) in [7, 11) is 1.34. The van der Waals surface area contributed by atoms with Crippen LogP contribution in [-0.2, 0) is 0 Å². The minimum atomic E-state index is -1.38. The van der Waals surface area contributed by atoms with Crippen molar-refractivity contribution in [3.63, 3.8) is 0 Å². The van der Waals surface area contributed by atoms with Gasteiger partial charge in [0.2, 0.25) is 0 Å². The molecule has 2 rings (SSSR count). The molecule has 0 atom stereocenters. The number of anilines is 3. The summed E-state index contributed by atoms with van der Waals surface area (Å²) in [4.78, 5) is 11.2. The van der Waals surface area contributed by atoms with Crippen LogP contribution in [0.3, 0.4) is 0 Å². The number of hydrogen-bond donors (Lipinski definition) is 3. The second-order valence-electron chi connectivity index (χ2n) is 4.16. The van der Waals surface area contributed by atoms with E-state index in [-0.39, 0.29) is 11.4 Å². The summed E-state index contributed by atoms with van der Waals surface area (Å²) in [6.07, 6.45) is 0. The molecule has 110 valence electrons. The molecule has 0 aliphatic carbocycles. The zero-order valence-corrected chi connectivity index (χ0v) is 11.0. The average molecular weight is 294 g/mol. The quantitative estimate of drug-likeness (QED) is 0.755. The highest BCUT2D eigenvalue weighted by atomic mass is 19.1. The van der Waals surface area contributed by atoms with E-state index >= 15 is 0 Å². The van der Waals surface area contributed by atoms with E-state index in [1.54, 1.807) is 0 Å². The van der Waals surface area contributed by atoms with E-state index in [0.29, 0.717) is 5.69 Å². The van der Waals surface area contributed by atoms with Gasteiger partial charge < -0.3 is 20.9 Å². The predicted octanol–water partition coefficient (Wildman–Crippen LogP) is 3.00. The van der Waals surface area contributed by atoms with Gasteiger partial charge in [-0.2, -0.15) is 0 Å². The fourth-order valence-electron chi connectivity index (χ4n) is 1.84. The first-order chi connectivity index (χ1) is 9.93. The summed E-state index contributed by atoms with van der Waals surface area (Å²) < 4.78 is 31.5. The summed E-state index contributed by atoms with van der Waals surface area (Å²) in [5, 5.41) is 11.9.